The molecular formula is C16H28BrN3. The predicted molar refractivity (Wildman–Crippen MR) is 87.9 cm³/mol. The zero-order valence-electron chi connectivity index (χ0n) is 13.2. The van der Waals surface area contributed by atoms with Crippen molar-refractivity contribution < 1.29 is 0 Å². The summed E-state index contributed by atoms with van der Waals surface area (Å²) in [6, 6.07) is 0.745. The summed E-state index contributed by atoms with van der Waals surface area (Å²) in [6.45, 7) is 9.92. The minimum absolute atomic E-state index is 0.745. The molecule has 1 unspecified atom stereocenters. The zero-order valence-corrected chi connectivity index (χ0v) is 14.7. The van der Waals surface area contributed by atoms with Gasteiger partial charge < -0.3 is 0 Å². The van der Waals surface area contributed by atoms with Crippen LogP contribution in [0.25, 0.3) is 0 Å². The van der Waals surface area contributed by atoms with Crippen LogP contribution in [0.3, 0.4) is 0 Å². The van der Waals surface area contributed by atoms with Crippen molar-refractivity contribution in [2.75, 3.05) is 6.54 Å². The Labute approximate surface area is 131 Å². The van der Waals surface area contributed by atoms with Gasteiger partial charge in [-0.2, -0.15) is 5.10 Å². The molecule has 1 aromatic rings. The molecule has 2 heterocycles. The molecule has 0 N–H and O–H groups in total. The van der Waals surface area contributed by atoms with E-state index in [9.17, 15) is 0 Å². The Bertz CT molecular complexity index is 428. The first kappa shape index (κ1) is 16.0. The largest absolute Gasteiger partial charge is 0.295 e. The molecule has 1 aromatic heterocycles. The first-order chi connectivity index (χ1) is 9.71. The number of nitrogens with zero attached hydrogens (tertiary/aromatic N) is 3. The van der Waals surface area contributed by atoms with E-state index in [1.165, 1.54) is 54.5 Å². The highest BCUT2D eigenvalue weighted by Crippen LogP contribution is 2.27. The third-order valence-corrected chi connectivity index (χ3v) is 5.43. The van der Waals surface area contributed by atoms with Crippen molar-refractivity contribution in [3.05, 3.63) is 15.9 Å². The van der Waals surface area contributed by atoms with Gasteiger partial charge in [0, 0.05) is 19.1 Å². The molecule has 0 radical (unpaired) electrons. The van der Waals surface area contributed by atoms with Crippen LogP contribution in [-0.4, -0.2) is 27.3 Å². The third-order valence-electron chi connectivity index (χ3n) is 4.52. The second-order valence-electron chi connectivity index (χ2n) is 5.76. The highest BCUT2D eigenvalue weighted by Gasteiger charge is 2.23. The summed E-state index contributed by atoms with van der Waals surface area (Å²) in [7, 11) is 0. The first-order valence-corrected chi connectivity index (χ1v) is 8.98. The van der Waals surface area contributed by atoms with Crippen molar-refractivity contribution in [3.8, 4) is 0 Å². The average molecular weight is 342 g/mol. The topological polar surface area (TPSA) is 21.1 Å². The van der Waals surface area contributed by atoms with Gasteiger partial charge in [-0.3, -0.25) is 9.58 Å². The number of hydrogen-bond donors (Lipinski definition) is 0. The molecule has 0 spiro atoms. The molecule has 20 heavy (non-hydrogen) atoms. The molecule has 1 fully saturated rings. The van der Waals surface area contributed by atoms with Gasteiger partial charge in [0.25, 0.3) is 0 Å². The summed E-state index contributed by atoms with van der Waals surface area (Å²) >= 11 is 3.78. The van der Waals surface area contributed by atoms with Crippen LogP contribution in [0.15, 0.2) is 4.47 Å². The molecular weight excluding hydrogens is 314 g/mol. The highest BCUT2D eigenvalue weighted by atomic mass is 79.9. The lowest BCUT2D eigenvalue weighted by Gasteiger charge is -2.29. The number of hydrogen-bond acceptors (Lipinski definition) is 2. The van der Waals surface area contributed by atoms with E-state index < -0.39 is 0 Å². The molecule has 2 rings (SSSR count). The van der Waals surface area contributed by atoms with Crippen LogP contribution in [-0.2, 0) is 19.5 Å². The van der Waals surface area contributed by atoms with Gasteiger partial charge in [-0.05, 0) is 55.1 Å². The van der Waals surface area contributed by atoms with Crippen LogP contribution in [0.4, 0.5) is 0 Å². The molecule has 0 bridgehead atoms. The minimum atomic E-state index is 0.745. The van der Waals surface area contributed by atoms with Crippen LogP contribution in [0.5, 0.6) is 0 Å². The normalized spacial score (nSPS) is 21.1. The highest BCUT2D eigenvalue weighted by molar-refractivity contribution is 9.10. The Balaban J connectivity index is 2.20. The lowest BCUT2D eigenvalue weighted by atomic mass is 10.1. The maximum absolute atomic E-state index is 4.73. The van der Waals surface area contributed by atoms with E-state index in [2.05, 4.69) is 46.3 Å². The van der Waals surface area contributed by atoms with Crippen LogP contribution in [0, 0.1) is 0 Å². The van der Waals surface area contributed by atoms with Crippen LogP contribution < -0.4 is 0 Å². The van der Waals surface area contributed by atoms with Crippen LogP contribution in [0.1, 0.15) is 64.3 Å². The van der Waals surface area contributed by atoms with Gasteiger partial charge in [-0.1, -0.05) is 26.7 Å². The van der Waals surface area contributed by atoms with E-state index in [1.54, 1.807) is 0 Å². The predicted octanol–water partition coefficient (Wildman–Crippen LogP) is 4.38. The van der Waals surface area contributed by atoms with Crippen LogP contribution in [0.2, 0.25) is 0 Å². The Morgan fingerprint density at radius 1 is 1.20 bits per heavy atom. The Kier molecular flexibility index (Phi) is 6.09. The molecule has 0 aromatic carbocycles. The molecule has 3 nitrogen and oxygen atoms in total. The van der Waals surface area contributed by atoms with E-state index >= 15 is 0 Å². The maximum atomic E-state index is 4.73. The maximum Gasteiger partial charge on any atom is 0.0767 e. The fourth-order valence-corrected chi connectivity index (χ4v) is 3.96. The van der Waals surface area contributed by atoms with Gasteiger partial charge >= 0.3 is 0 Å². The van der Waals surface area contributed by atoms with E-state index in [0.29, 0.717) is 0 Å². The summed E-state index contributed by atoms with van der Waals surface area (Å²) in [5.74, 6) is 0. The van der Waals surface area contributed by atoms with E-state index in [0.717, 1.165) is 25.6 Å². The zero-order chi connectivity index (χ0) is 14.5. The number of aromatic nitrogens is 2. The molecule has 0 aliphatic carbocycles. The SMILES string of the molecule is CCc1nn(CC)c(CN2CCCCCC2CC)c1Br. The van der Waals surface area contributed by atoms with Crippen LogP contribution >= 0.6 is 15.9 Å². The molecule has 1 saturated heterocycles. The van der Waals surface area contributed by atoms with Gasteiger partial charge in [-0.15, -0.1) is 0 Å². The van der Waals surface area contributed by atoms with Gasteiger partial charge in [0.2, 0.25) is 0 Å². The van der Waals surface area contributed by atoms with E-state index in [-0.39, 0.29) is 0 Å². The summed E-state index contributed by atoms with van der Waals surface area (Å²) in [5.41, 5.74) is 2.56. The van der Waals surface area contributed by atoms with Crippen molar-refractivity contribution >= 4 is 15.9 Å². The van der Waals surface area contributed by atoms with E-state index in [1.807, 2.05) is 0 Å². The summed E-state index contributed by atoms with van der Waals surface area (Å²) < 4.78 is 3.42. The molecule has 0 amide bonds. The molecule has 114 valence electrons. The summed E-state index contributed by atoms with van der Waals surface area (Å²) in [6.07, 6.45) is 7.74. The third kappa shape index (κ3) is 3.45. The quantitative estimate of drug-likeness (QED) is 0.792. The lowest BCUT2D eigenvalue weighted by molar-refractivity contribution is 0.180. The average Bonchev–Trinajstić information content (AvgIpc) is 2.64. The van der Waals surface area contributed by atoms with Crippen molar-refractivity contribution in [3.63, 3.8) is 0 Å². The smallest absolute Gasteiger partial charge is 0.0767 e. The summed E-state index contributed by atoms with van der Waals surface area (Å²) in [4.78, 5) is 2.68. The number of aryl methyl sites for hydroxylation is 2. The number of likely N-dealkylation sites (tertiary alicyclic amines) is 1. The molecule has 1 aliphatic heterocycles. The minimum Gasteiger partial charge on any atom is -0.295 e. The van der Waals surface area contributed by atoms with Gasteiger partial charge in [0.1, 0.15) is 0 Å². The van der Waals surface area contributed by atoms with E-state index in [4.69, 9.17) is 5.10 Å². The van der Waals surface area contributed by atoms with Crippen molar-refractivity contribution in [1.82, 2.24) is 14.7 Å². The molecule has 1 aliphatic rings. The van der Waals surface area contributed by atoms with Crippen molar-refractivity contribution in [2.24, 2.45) is 0 Å². The van der Waals surface area contributed by atoms with Gasteiger partial charge in [0.15, 0.2) is 0 Å². The lowest BCUT2D eigenvalue weighted by Crippen LogP contribution is -2.34. The Morgan fingerprint density at radius 3 is 2.65 bits per heavy atom. The summed E-state index contributed by atoms with van der Waals surface area (Å²) in [5, 5.41) is 4.73. The Morgan fingerprint density at radius 2 is 2.00 bits per heavy atom. The second kappa shape index (κ2) is 7.60. The fraction of sp³-hybridized carbons (Fsp3) is 0.812. The fourth-order valence-electron chi connectivity index (χ4n) is 3.27. The Hall–Kier alpha value is -0.350. The molecule has 1 atom stereocenters. The number of rotatable bonds is 5. The standard InChI is InChI=1S/C16H28BrN3/c1-4-13-10-8-7-9-11-19(13)12-15-16(17)14(5-2)18-20(15)6-3/h13H,4-12H2,1-3H3. The first-order valence-electron chi connectivity index (χ1n) is 8.19. The van der Waals surface area contributed by atoms with Gasteiger partial charge in [-0.25, -0.2) is 0 Å². The second-order valence-corrected chi connectivity index (χ2v) is 6.55. The van der Waals surface area contributed by atoms with Crippen molar-refractivity contribution in [1.29, 1.82) is 0 Å². The monoisotopic (exact) mass is 341 g/mol. The molecule has 0 saturated carbocycles. The number of halogens is 1. The molecule has 4 heteroatoms. The van der Waals surface area contributed by atoms with Gasteiger partial charge in [0.05, 0.1) is 15.9 Å². The van der Waals surface area contributed by atoms with Crippen molar-refractivity contribution in [2.45, 2.75) is 78.4 Å².